The average Bonchev–Trinajstić information content (AvgIpc) is 2.38. The van der Waals surface area contributed by atoms with Gasteiger partial charge in [0.25, 0.3) is 0 Å². The van der Waals surface area contributed by atoms with E-state index in [-0.39, 0.29) is 0 Å². The summed E-state index contributed by atoms with van der Waals surface area (Å²) in [5.41, 5.74) is 3.14. The van der Waals surface area contributed by atoms with Crippen molar-refractivity contribution in [3.63, 3.8) is 0 Å². The Kier molecular flexibility index (Phi) is 3.02. The topological polar surface area (TPSA) is 23.8 Å². The Labute approximate surface area is 95.0 Å². The van der Waals surface area contributed by atoms with Crippen LogP contribution in [0.4, 0.5) is 0 Å². The molecule has 2 aromatic rings. The molecular weight excluding hydrogens is 194 g/mol. The molecule has 0 radical (unpaired) electrons. The van der Waals surface area contributed by atoms with E-state index in [1.165, 1.54) is 0 Å². The Bertz CT molecular complexity index is 580. The SMILES string of the molecule is N#CC#Cc1cccc(-c2ccccc2)c1. The van der Waals surface area contributed by atoms with Crippen molar-refractivity contribution in [3.05, 3.63) is 60.2 Å². The summed E-state index contributed by atoms with van der Waals surface area (Å²) in [4.78, 5) is 0. The first kappa shape index (κ1) is 10.0. The largest absolute Gasteiger partial charge is 0.183 e. The Morgan fingerprint density at radius 1 is 0.812 bits per heavy atom. The van der Waals surface area contributed by atoms with E-state index in [0.717, 1.165) is 16.7 Å². The summed E-state index contributed by atoms with van der Waals surface area (Å²) in [7, 11) is 0. The van der Waals surface area contributed by atoms with Gasteiger partial charge in [-0.25, -0.2) is 0 Å². The number of hydrogen-bond acceptors (Lipinski definition) is 1. The van der Waals surface area contributed by atoms with Crippen LogP contribution in [-0.2, 0) is 0 Å². The van der Waals surface area contributed by atoms with Gasteiger partial charge in [0.2, 0.25) is 0 Å². The van der Waals surface area contributed by atoms with Gasteiger partial charge in [-0.1, -0.05) is 48.4 Å². The van der Waals surface area contributed by atoms with Gasteiger partial charge in [-0.2, -0.15) is 5.26 Å². The van der Waals surface area contributed by atoms with E-state index in [9.17, 15) is 0 Å². The number of benzene rings is 2. The van der Waals surface area contributed by atoms with E-state index in [0.29, 0.717) is 0 Å². The van der Waals surface area contributed by atoms with Crippen LogP contribution in [0.2, 0.25) is 0 Å². The van der Waals surface area contributed by atoms with Crippen molar-refractivity contribution >= 4 is 0 Å². The van der Waals surface area contributed by atoms with Gasteiger partial charge in [-0.15, -0.1) is 0 Å². The summed E-state index contributed by atoms with van der Waals surface area (Å²) in [5, 5.41) is 8.39. The first-order valence-electron chi connectivity index (χ1n) is 4.96. The van der Waals surface area contributed by atoms with E-state index in [1.54, 1.807) is 0 Å². The monoisotopic (exact) mass is 203 g/mol. The van der Waals surface area contributed by atoms with E-state index < -0.39 is 0 Å². The van der Waals surface area contributed by atoms with Crippen molar-refractivity contribution in [2.24, 2.45) is 0 Å². The van der Waals surface area contributed by atoms with Gasteiger partial charge in [-0.05, 0) is 23.3 Å². The second-order valence-electron chi connectivity index (χ2n) is 3.31. The third kappa shape index (κ3) is 2.29. The van der Waals surface area contributed by atoms with Crippen LogP contribution in [0.25, 0.3) is 11.1 Å². The summed E-state index contributed by atoms with van der Waals surface area (Å²) in [6.07, 6.45) is 0. The van der Waals surface area contributed by atoms with Crippen molar-refractivity contribution < 1.29 is 0 Å². The third-order valence-electron chi connectivity index (χ3n) is 2.23. The van der Waals surface area contributed by atoms with Gasteiger partial charge in [-0.3, -0.25) is 0 Å². The molecule has 0 aliphatic heterocycles. The summed E-state index contributed by atoms with van der Waals surface area (Å²) in [5.74, 6) is 5.19. The molecule has 0 bridgehead atoms. The fraction of sp³-hybridized carbons (Fsp3) is 0. The molecule has 0 N–H and O–H groups in total. The van der Waals surface area contributed by atoms with Crippen molar-refractivity contribution in [1.82, 2.24) is 0 Å². The third-order valence-corrected chi connectivity index (χ3v) is 2.23. The normalized spacial score (nSPS) is 8.69. The van der Waals surface area contributed by atoms with E-state index in [4.69, 9.17) is 5.26 Å². The lowest BCUT2D eigenvalue weighted by Crippen LogP contribution is -1.79. The van der Waals surface area contributed by atoms with Crippen LogP contribution in [0, 0.1) is 23.2 Å². The molecule has 1 nitrogen and oxygen atoms in total. The predicted octanol–water partition coefficient (Wildman–Crippen LogP) is 3.23. The molecule has 0 aromatic heterocycles. The molecule has 0 amide bonds. The number of nitriles is 1. The summed E-state index contributed by atoms with van der Waals surface area (Å²) in [6.45, 7) is 0. The van der Waals surface area contributed by atoms with Gasteiger partial charge in [0, 0.05) is 11.5 Å². The zero-order chi connectivity index (χ0) is 11.2. The zero-order valence-electron chi connectivity index (χ0n) is 8.64. The summed E-state index contributed by atoms with van der Waals surface area (Å²) >= 11 is 0. The molecule has 0 fully saturated rings. The summed E-state index contributed by atoms with van der Waals surface area (Å²) in [6, 6.07) is 19.8. The maximum Gasteiger partial charge on any atom is 0.152 e. The van der Waals surface area contributed by atoms with Crippen molar-refractivity contribution in [3.8, 4) is 29.0 Å². The van der Waals surface area contributed by atoms with Crippen LogP contribution in [0.1, 0.15) is 5.56 Å². The minimum Gasteiger partial charge on any atom is -0.183 e. The maximum atomic E-state index is 8.39. The minimum atomic E-state index is 0.864. The highest BCUT2D eigenvalue weighted by Gasteiger charge is 1.96. The zero-order valence-corrected chi connectivity index (χ0v) is 8.64. The smallest absolute Gasteiger partial charge is 0.152 e. The van der Waals surface area contributed by atoms with Crippen LogP contribution < -0.4 is 0 Å². The highest BCUT2D eigenvalue weighted by atomic mass is 14.2. The first-order chi connectivity index (χ1) is 7.90. The standard InChI is InChI=1S/C15H9N/c16-11-5-7-13-6-4-10-15(12-13)14-8-2-1-3-9-14/h1-4,6,8-10,12H. The fourth-order valence-electron chi connectivity index (χ4n) is 1.51. The van der Waals surface area contributed by atoms with Crippen LogP contribution in [0.3, 0.4) is 0 Å². The Morgan fingerprint density at radius 3 is 2.31 bits per heavy atom. The van der Waals surface area contributed by atoms with Crippen LogP contribution in [0.15, 0.2) is 54.6 Å². The first-order valence-corrected chi connectivity index (χ1v) is 4.96. The molecule has 16 heavy (non-hydrogen) atoms. The molecular formula is C15H9N. The van der Waals surface area contributed by atoms with Gasteiger partial charge in [0.1, 0.15) is 0 Å². The molecule has 0 saturated carbocycles. The van der Waals surface area contributed by atoms with Crippen molar-refractivity contribution in [2.45, 2.75) is 0 Å². The predicted molar refractivity (Wildman–Crippen MR) is 64.4 cm³/mol. The van der Waals surface area contributed by atoms with Gasteiger partial charge < -0.3 is 0 Å². The number of nitrogens with zero attached hydrogens (tertiary/aromatic N) is 1. The highest BCUT2D eigenvalue weighted by Crippen LogP contribution is 2.19. The lowest BCUT2D eigenvalue weighted by Gasteiger charge is -2.01. The lowest BCUT2D eigenvalue weighted by atomic mass is 10.0. The molecule has 2 aromatic carbocycles. The van der Waals surface area contributed by atoms with Crippen LogP contribution in [0.5, 0.6) is 0 Å². The Hall–Kier alpha value is -2.51. The Balaban J connectivity index is 2.41. The molecule has 0 spiro atoms. The van der Waals surface area contributed by atoms with E-state index in [1.807, 2.05) is 48.5 Å². The molecule has 1 heteroatoms. The molecule has 0 heterocycles. The minimum absolute atomic E-state index is 0.864. The molecule has 0 unspecified atom stereocenters. The molecule has 0 atom stereocenters. The van der Waals surface area contributed by atoms with Crippen LogP contribution in [-0.4, -0.2) is 0 Å². The lowest BCUT2D eigenvalue weighted by molar-refractivity contribution is 1.54. The average molecular weight is 203 g/mol. The second-order valence-corrected chi connectivity index (χ2v) is 3.31. The molecule has 74 valence electrons. The van der Waals surface area contributed by atoms with Gasteiger partial charge in [0.15, 0.2) is 6.07 Å². The van der Waals surface area contributed by atoms with Crippen LogP contribution >= 0.6 is 0 Å². The summed E-state index contributed by atoms with van der Waals surface area (Å²) < 4.78 is 0. The van der Waals surface area contributed by atoms with Gasteiger partial charge in [0.05, 0.1) is 0 Å². The molecule has 2 rings (SSSR count). The quantitative estimate of drug-likeness (QED) is 0.653. The van der Waals surface area contributed by atoms with Crippen molar-refractivity contribution in [1.29, 1.82) is 5.26 Å². The Morgan fingerprint density at radius 2 is 1.56 bits per heavy atom. The number of hydrogen-bond donors (Lipinski definition) is 0. The molecule has 0 aliphatic rings. The second kappa shape index (κ2) is 4.82. The fourth-order valence-corrected chi connectivity index (χ4v) is 1.51. The maximum absolute atomic E-state index is 8.39. The molecule has 0 aliphatic carbocycles. The van der Waals surface area contributed by atoms with E-state index in [2.05, 4.69) is 24.0 Å². The van der Waals surface area contributed by atoms with Gasteiger partial charge >= 0.3 is 0 Å². The van der Waals surface area contributed by atoms with Crippen molar-refractivity contribution in [2.75, 3.05) is 0 Å². The number of rotatable bonds is 1. The van der Waals surface area contributed by atoms with E-state index >= 15 is 0 Å². The molecule has 0 saturated heterocycles. The highest BCUT2D eigenvalue weighted by molar-refractivity contribution is 5.65.